The summed E-state index contributed by atoms with van der Waals surface area (Å²) in [6.45, 7) is 26.6. The lowest BCUT2D eigenvalue weighted by Crippen LogP contribution is -2.80. The number of epoxide rings is 1. The zero-order chi connectivity index (χ0) is 38.0. The molecule has 49 heavy (non-hydrogen) atoms. The Morgan fingerprint density at radius 3 is 1.90 bits per heavy atom. The smallest absolute Gasteiger partial charge is 0.303 e. The molecule has 0 bridgehead atoms. The molecule has 0 unspecified atom stereocenters. The quantitative estimate of drug-likeness (QED) is 0.0920. The number of carbonyl (C=O) groups is 3. The molecular weight excluding hydrogens is 733 g/mol. The van der Waals surface area contributed by atoms with Gasteiger partial charge in [0.25, 0.3) is 9.70 Å². The number of fused-ring (bicyclic) bond motifs is 1. The van der Waals surface area contributed by atoms with Gasteiger partial charge in [0, 0.05) is 13.8 Å². The van der Waals surface area contributed by atoms with E-state index in [9.17, 15) is 14.4 Å². The molecule has 1 amide bonds. The number of halogens is 3. The molecule has 11 nitrogen and oxygen atoms in total. The highest BCUT2D eigenvalue weighted by Gasteiger charge is 2.82. The number of hydrogen-bond donors (Lipinski definition) is 1. The Labute approximate surface area is 308 Å². The first-order chi connectivity index (χ1) is 21.9. The Hall–Kier alpha value is -0.926. The molecule has 2 heterocycles. The van der Waals surface area contributed by atoms with Crippen LogP contribution in [0.4, 0.5) is 0 Å². The summed E-state index contributed by atoms with van der Waals surface area (Å²) >= 11 is 18.6. The zero-order valence-electron chi connectivity index (χ0n) is 31.2. The molecule has 0 aromatic carbocycles. The molecule has 16 heteroatoms. The molecule has 1 saturated carbocycles. The topological polar surface area (TPSA) is 131 Å². The fraction of sp³-hybridized carbons (Fsp3) is 0.848. The van der Waals surface area contributed by atoms with E-state index in [0.717, 1.165) is 0 Å². The van der Waals surface area contributed by atoms with Gasteiger partial charge in [-0.25, -0.2) is 0 Å². The number of nitrogens with one attached hydrogen (secondary N) is 1. The Morgan fingerprint density at radius 1 is 0.939 bits per heavy atom. The minimum absolute atomic E-state index is 0.0136. The SMILES string of the molecule is C#C[C@@H](OC(C)=O)[C@@]1(NC(=O)C(Cl)(Cl)Cl)[C@H]([C@H]2COC(C)(C)O2)[C@@H](OC(C)=O)[C@]2(CO[Si](C)(C)C(C)(C)C)O[C@@H]2[C@H]1O[Si](C)(C)C(C)(C)C. The summed E-state index contributed by atoms with van der Waals surface area (Å²) in [7, 11) is -5.24. The van der Waals surface area contributed by atoms with Crippen LogP contribution in [0.15, 0.2) is 0 Å². The summed E-state index contributed by atoms with van der Waals surface area (Å²) in [4.78, 5) is 39.7. The molecule has 0 aromatic rings. The van der Waals surface area contributed by atoms with Crippen LogP contribution in [-0.4, -0.2) is 98.9 Å². The maximum Gasteiger partial charge on any atom is 0.303 e. The lowest BCUT2D eigenvalue weighted by atomic mass is 9.60. The molecule has 1 aliphatic carbocycles. The Balaban J connectivity index is 2.48. The van der Waals surface area contributed by atoms with Crippen LogP contribution in [0, 0.1) is 18.3 Å². The van der Waals surface area contributed by atoms with Crippen molar-refractivity contribution in [2.24, 2.45) is 5.92 Å². The van der Waals surface area contributed by atoms with Crippen LogP contribution < -0.4 is 5.32 Å². The molecule has 0 radical (unpaired) electrons. The van der Waals surface area contributed by atoms with Crippen molar-refractivity contribution in [2.75, 3.05) is 13.2 Å². The molecule has 3 rings (SSSR count). The average Bonchev–Trinajstić information content (AvgIpc) is 3.54. The largest absolute Gasteiger partial charge is 0.459 e. The number of ether oxygens (including phenoxy) is 5. The summed E-state index contributed by atoms with van der Waals surface area (Å²) in [5.74, 6) is -2.18. The predicted molar refractivity (Wildman–Crippen MR) is 192 cm³/mol. The first kappa shape index (κ1) is 42.5. The second-order valence-electron chi connectivity index (χ2n) is 16.8. The maximum atomic E-state index is 13.9. The van der Waals surface area contributed by atoms with Gasteiger partial charge in [-0.1, -0.05) is 82.3 Å². The lowest BCUT2D eigenvalue weighted by molar-refractivity contribution is -0.202. The predicted octanol–water partition coefficient (Wildman–Crippen LogP) is 6.04. The van der Waals surface area contributed by atoms with E-state index in [1.54, 1.807) is 13.8 Å². The summed E-state index contributed by atoms with van der Waals surface area (Å²) in [5, 5.41) is 2.35. The first-order valence-electron chi connectivity index (χ1n) is 16.4. The molecule has 3 aliphatic rings. The molecule has 1 N–H and O–H groups in total. The number of terminal acetylenes is 1. The second-order valence-corrected chi connectivity index (χ2v) is 28.7. The fourth-order valence-electron chi connectivity index (χ4n) is 6.10. The highest BCUT2D eigenvalue weighted by molar-refractivity contribution is 6.76. The third-order valence-electron chi connectivity index (χ3n) is 10.7. The van der Waals surface area contributed by atoms with Crippen LogP contribution in [0.3, 0.4) is 0 Å². The van der Waals surface area contributed by atoms with E-state index in [4.69, 9.17) is 73.8 Å². The van der Waals surface area contributed by atoms with Gasteiger partial charge in [-0.2, -0.15) is 0 Å². The third-order valence-corrected chi connectivity index (χ3v) is 20.2. The van der Waals surface area contributed by atoms with Crippen molar-refractivity contribution in [3.8, 4) is 12.3 Å². The standard InChI is InChI=1S/C33H54Cl3NO10Si2/c1-16-22(43-19(2)38)32(37-27(40)33(34,35)36)23(21-17-41-30(10,11)45-21)24(44-20(3)39)31(18-42-48(12,13)28(4,5)6)25(46-31)26(32)47-49(14,15)29(7,8)9/h1,21-26H,17-18H2,2-15H3,(H,37,40)/t21-,22-,23-,24-,25-,26-,31+,32-/m1/s1. The van der Waals surface area contributed by atoms with Gasteiger partial charge in [0.1, 0.15) is 23.9 Å². The van der Waals surface area contributed by atoms with Crippen molar-refractivity contribution in [2.45, 2.75) is 157 Å². The molecule has 8 atom stereocenters. The number of carbonyl (C=O) groups excluding carboxylic acids is 3. The Kier molecular flexibility index (Phi) is 12.0. The van der Waals surface area contributed by atoms with Crippen molar-refractivity contribution >= 4 is 69.3 Å². The number of alkyl halides is 3. The van der Waals surface area contributed by atoms with Crippen LogP contribution in [0.25, 0.3) is 0 Å². The Morgan fingerprint density at radius 2 is 1.49 bits per heavy atom. The zero-order valence-corrected chi connectivity index (χ0v) is 35.4. The monoisotopic (exact) mass is 785 g/mol. The third kappa shape index (κ3) is 8.50. The molecular formula is C33H54Cl3NO10Si2. The van der Waals surface area contributed by atoms with Crippen LogP contribution in [-0.2, 0) is 46.9 Å². The van der Waals surface area contributed by atoms with Crippen LogP contribution in [0.2, 0.25) is 36.3 Å². The van der Waals surface area contributed by atoms with Gasteiger partial charge in [-0.3, -0.25) is 14.4 Å². The second kappa shape index (κ2) is 13.8. The van der Waals surface area contributed by atoms with Gasteiger partial charge >= 0.3 is 11.9 Å². The van der Waals surface area contributed by atoms with E-state index in [0.29, 0.717) is 0 Å². The Bertz CT molecular complexity index is 1340. The highest BCUT2D eigenvalue weighted by Crippen LogP contribution is 2.61. The van der Waals surface area contributed by atoms with Crippen molar-refractivity contribution in [3.05, 3.63) is 0 Å². The van der Waals surface area contributed by atoms with E-state index >= 15 is 0 Å². The van der Waals surface area contributed by atoms with Crippen molar-refractivity contribution < 1.29 is 46.9 Å². The molecule has 0 aromatic heterocycles. The van der Waals surface area contributed by atoms with E-state index in [2.05, 4.69) is 45.1 Å². The van der Waals surface area contributed by atoms with Gasteiger partial charge in [-0.05, 0) is 50.1 Å². The molecule has 2 saturated heterocycles. The normalized spacial score (nSPS) is 32.4. The van der Waals surface area contributed by atoms with Gasteiger partial charge in [0.15, 0.2) is 34.1 Å². The number of esters is 2. The van der Waals surface area contributed by atoms with E-state index < -0.39 is 91.6 Å². The van der Waals surface area contributed by atoms with E-state index in [-0.39, 0.29) is 23.3 Å². The molecule has 280 valence electrons. The summed E-state index contributed by atoms with van der Waals surface area (Å²) in [6.07, 6.45) is 0.427. The summed E-state index contributed by atoms with van der Waals surface area (Å²) in [5.41, 5.74) is -3.26. The maximum absolute atomic E-state index is 13.9. The van der Waals surface area contributed by atoms with Crippen molar-refractivity contribution in [1.29, 1.82) is 0 Å². The lowest BCUT2D eigenvalue weighted by Gasteiger charge is -2.57. The minimum Gasteiger partial charge on any atom is -0.459 e. The number of rotatable bonds is 10. The van der Waals surface area contributed by atoms with Crippen molar-refractivity contribution in [1.82, 2.24) is 5.32 Å². The van der Waals surface area contributed by atoms with Gasteiger partial charge in [0.2, 0.25) is 0 Å². The molecule has 3 fully saturated rings. The van der Waals surface area contributed by atoms with E-state index in [1.165, 1.54) is 13.8 Å². The van der Waals surface area contributed by atoms with Crippen LogP contribution in [0.5, 0.6) is 0 Å². The molecule has 2 aliphatic heterocycles. The van der Waals surface area contributed by atoms with Gasteiger partial charge in [0.05, 0.1) is 25.2 Å². The van der Waals surface area contributed by atoms with Crippen LogP contribution >= 0.6 is 34.8 Å². The van der Waals surface area contributed by atoms with Crippen LogP contribution in [0.1, 0.15) is 69.2 Å². The van der Waals surface area contributed by atoms with Crippen molar-refractivity contribution in [3.63, 3.8) is 0 Å². The minimum atomic E-state index is -2.82. The van der Waals surface area contributed by atoms with E-state index in [1.807, 2.05) is 33.9 Å². The van der Waals surface area contributed by atoms with Gasteiger partial charge in [-0.15, -0.1) is 6.42 Å². The molecule has 0 spiro atoms. The van der Waals surface area contributed by atoms with Gasteiger partial charge < -0.3 is 37.9 Å². The highest BCUT2D eigenvalue weighted by atomic mass is 35.6. The fourth-order valence-corrected chi connectivity index (χ4v) is 8.57. The number of amides is 1. The average molecular weight is 787 g/mol. The summed E-state index contributed by atoms with van der Waals surface area (Å²) < 4.78 is 42.7. The first-order valence-corrected chi connectivity index (χ1v) is 23.3. The summed E-state index contributed by atoms with van der Waals surface area (Å²) in [6, 6.07) is 0. The number of hydrogen-bond acceptors (Lipinski definition) is 10.